The van der Waals surface area contributed by atoms with Crippen LogP contribution in [-0.2, 0) is 10.2 Å². The summed E-state index contributed by atoms with van der Waals surface area (Å²) in [5, 5.41) is 5.25. The molecule has 0 spiro atoms. The zero-order chi connectivity index (χ0) is 27.5. The minimum atomic E-state index is -4.48. The molecule has 3 aromatic rings. The lowest BCUT2D eigenvalue weighted by molar-refractivity contribution is -0.141. The van der Waals surface area contributed by atoms with Crippen molar-refractivity contribution in [1.29, 1.82) is 0 Å². The Morgan fingerprint density at radius 2 is 1.41 bits per heavy atom. The molecule has 2 aliphatic rings. The average molecular weight is 536 g/mol. The van der Waals surface area contributed by atoms with Crippen LogP contribution in [0.25, 0.3) is 11.1 Å². The van der Waals surface area contributed by atoms with E-state index in [4.69, 9.17) is 0 Å². The maximum atomic E-state index is 13.5. The SMILES string of the molecule is O=C(NC1CN(CCCCCC2(C(=O)NCC(F)(F)F)c3ccccc3-c3ccccc32)C1)c1ccccc1. The lowest BCUT2D eigenvalue weighted by atomic mass is 9.73. The van der Waals surface area contributed by atoms with Crippen LogP contribution in [0.1, 0.15) is 47.2 Å². The van der Waals surface area contributed by atoms with Crippen LogP contribution in [0.3, 0.4) is 0 Å². The number of amides is 2. The van der Waals surface area contributed by atoms with Gasteiger partial charge in [0, 0.05) is 18.7 Å². The van der Waals surface area contributed by atoms with Crippen molar-refractivity contribution in [3.05, 3.63) is 95.6 Å². The number of halogens is 3. The number of nitrogens with zero attached hydrogens (tertiary/aromatic N) is 1. The Balaban J connectivity index is 1.18. The van der Waals surface area contributed by atoms with Crippen LogP contribution in [0.2, 0.25) is 0 Å². The molecule has 204 valence electrons. The van der Waals surface area contributed by atoms with E-state index in [0.717, 1.165) is 54.7 Å². The summed E-state index contributed by atoms with van der Waals surface area (Å²) >= 11 is 0. The minimum Gasteiger partial charge on any atom is -0.347 e. The van der Waals surface area contributed by atoms with Crippen LogP contribution in [0.15, 0.2) is 78.9 Å². The summed E-state index contributed by atoms with van der Waals surface area (Å²) < 4.78 is 39.1. The number of hydrogen-bond acceptors (Lipinski definition) is 3. The molecule has 0 unspecified atom stereocenters. The summed E-state index contributed by atoms with van der Waals surface area (Å²) in [5.41, 5.74) is 2.84. The molecule has 1 heterocycles. The first kappa shape index (κ1) is 26.9. The molecule has 0 radical (unpaired) electrons. The largest absolute Gasteiger partial charge is 0.405 e. The molecular formula is C31H32F3N3O2. The van der Waals surface area contributed by atoms with Crippen LogP contribution in [0, 0.1) is 0 Å². The van der Waals surface area contributed by atoms with Gasteiger partial charge in [0.1, 0.15) is 12.0 Å². The first-order valence-corrected chi connectivity index (χ1v) is 13.4. The molecule has 2 N–H and O–H groups in total. The van der Waals surface area contributed by atoms with E-state index >= 15 is 0 Å². The van der Waals surface area contributed by atoms with Gasteiger partial charge in [0.05, 0.1) is 6.04 Å². The molecule has 1 saturated heterocycles. The van der Waals surface area contributed by atoms with Crippen LogP contribution < -0.4 is 10.6 Å². The van der Waals surface area contributed by atoms with Crippen molar-refractivity contribution in [1.82, 2.24) is 15.5 Å². The summed E-state index contributed by atoms with van der Waals surface area (Å²) in [6.07, 6.45) is -1.60. The number of rotatable bonds is 10. The zero-order valence-corrected chi connectivity index (χ0v) is 21.6. The van der Waals surface area contributed by atoms with E-state index in [9.17, 15) is 22.8 Å². The second kappa shape index (κ2) is 11.2. The molecular weight excluding hydrogens is 503 g/mol. The number of carbonyl (C=O) groups excluding carboxylic acids is 2. The third kappa shape index (κ3) is 5.71. The number of benzene rings is 3. The lowest BCUT2D eigenvalue weighted by Crippen LogP contribution is -2.59. The van der Waals surface area contributed by atoms with Gasteiger partial charge < -0.3 is 10.6 Å². The number of likely N-dealkylation sites (tertiary alicyclic amines) is 1. The highest BCUT2D eigenvalue weighted by molar-refractivity contribution is 6.00. The lowest BCUT2D eigenvalue weighted by Gasteiger charge is -2.39. The Hall–Kier alpha value is -3.65. The quantitative estimate of drug-likeness (QED) is 0.346. The highest BCUT2D eigenvalue weighted by Gasteiger charge is 2.49. The number of fused-ring (bicyclic) bond motifs is 3. The van der Waals surface area contributed by atoms with E-state index < -0.39 is 24.0 Å². The van der Waals surface area contributed by atoms with Gasteiger partial charge in [-0.3, -0.25) is 14.5 Å². The van der Waals surface area contributed by atoms with E-state index in [2.05, 4.69) is 15.5 Å². The number of carbonyl (C=O) groups is 2. The van der Waals surface area contributed by atoms with Gasteiger partial charge in [0.25, 0.3) is 5.91 Å². The maximum Gasteiger partial charge on any atom is 0.405 e. The van der Waals surface area contributed by atoms with Gasteiger partial charge in [-0.05, 0) is 53.8 Å². The molecule has 1 fully saturated rings. The summed E-state index contributed by atoms with van der Waals surface area (Å²) in [4.78, 5) is 28.1. The zero-order valence-electron chi connectivity index (χ0n) is 21.6. The highest BCUT2D eigenvalue weighted by atomic mass is 19.4. The topological polar surface area (TPSA) is 61.4 Å². The fraction of sp³-hybridized carbons (Fsp3) is 0.355. The molecule has 1 aliphatic heterocycles. The van der Waals surface area contributed by atoms with Gasteiger partial charge in [-0.2, -0.15) is 13.2 Å². The van der Waals surface area contributed by atoms with E-state index in [0.29, 0.717) is 18.4 Å². The van der Waals surface area contributed by atoms with E-state index in [1.165, 1.54) is 0 Å². The third-order valence-electron chi connectivity index (χ3n) is 7.76. The summed E-state index contributed by atoms with van der Waals surface area (Å²) in [6.45, 7) is 1.11. The van der Waals surface area contributed by atoms with Crippen molar-refractivity contribution in [3.8, 4) is 11.1 Å². The van der Waals surface area contributed by atoms with E-state index in [-0.39, 0.29) is 11.9 Å². The van der Waals surface area contributed by atoms with Gasteiger partial charge in [0.15, 0.2) is 0 Å². The van der Waals surface area contributed by atoms with Crippen LogP contribution in [-0.4, -0.2) is 55.1 Å². The predicted molar refractivity (Wildman–Crippen MR) is 144 cm³/mol. The number of hydrogen-bond donors (Lipinski definition) is 2. The predicted octanol–water partition coefficient (Wildman–Crippen LogP) is 5.31. The molecule has 0 saturated carbocycles. The Morgan fingerprint density at radius 1 is 0.821 bits per heavy atom. The maximum absolute atomic E-state index is 13.5. The summed E-state index contributed by atoms with van der Waals surface area (Å²) in [6, 6.07) is 24.3. The van der Waals surface area contributed by atoms with Gasteiger partial charge in [-0.25, -0.2) is 0 Å². The number of nitrogens with one attached hydrogen (secondary N) is 2. The molecule has 0 aromatic heterocycles. The third-order valence-corrected chi connectivity index (χ3v) is 7.76. The van der Waals surface area contributed by atoms with Crippen molar-refractivity contribution in [2.45, 2.75) is 43.3 Å². The normalized spacial score (nSPS) is 16.2. The monoisotopic (exact) mass is 535 g/mol. The fourth-order valence-corrected chi connectivity index (χ4v) is 5.89. The Labute approximate surface area is 226 Å². The van der Waals surface area contributed by atoms with Crippen molar-refractivity contribution in [2.24, 2.45) is 0 Å². The first-order chi connectivity index (χ1) is 18.8. The molecule has 8 heteroatoms. The molecule has 1 aliphatic carbocycles. The van der Waals surface area contributed by atoms with Crippen molar-refractivity contribution in [3.63, 3.8) is 0 Å². The molecule has 39 heavy (non-hydrogen) atoms. The smallest absolute Gasteiger partial charge is 0.347 e. The summed E-state index contributed by atoms with van der Waals surface area (Å²) in [7, 11) is 0. The van der Waals surface area contributed by atoms with Gasteiger partial charge in [-0.15, -0.1) is 0 Å². The average Bonchev–Trinajstić information content (AvgIpc) is 3.20. The Morgan fingerprint density at radius 3 is 2.03 bits per heavy atom. The molecule has 0 atom stereocenters. The van der Waals surface area contributed by atoms with Crippen molar-refractivity contribution < 1.29 is 22.8 Å². The van der Waals surface area contributed by atoms with Gasteiger partial charge in [0.2, 0.25) is 5.91 Å². The molecule has 0 bridgehead atoms. The second-order valence-corrected chi connectivity index (χ2v) is 10.4. The Bertz CT molecular complexity index is 1270. The highest BCUT2D eigenvalue weighted by Crippen LogP contribution is 2.51. The number of alkyl halides is 3. The second-order valence-electron chi connectivity index (χ2n) is 10.4. The minimum absolute atomic E-state index is 0.0635. The standard InChI is InChI=1S/C31H32F3N3O2/c32-31(33,34)21-35-29(39)30(26-15-7-5-13-24(26)25-14-6-8-16-27(25)30)17-9-2-10-18-37-19-23(20-37)36-28(38)22-11-3-1-4-12-22/h1,3-8,11-16,23H,2,9-10,17-21H2,(H,35,39)(H,36,38). The van der Waals surface area contributed by atoms with E-state index in [1.807, 2.05) is 66.7 Å². The summed E-state index contributed by atoms with van der Waals surface area (Å²) in [5.74, 6) is -0.663. The molecule has 3 aromatic carbocycles. The molecule has 5 nitrogen and oxygen atoms in total. The first-order valence-electron chi connectivity index (χ1n) is 13.4. The van der Waals surface area contributed by atoms with Crippen LogP contribution in [0.5, 0.6) is 0 Å². The van der Waals surface area contributed by atoms with Crippen LogP contribution in [0.4, 0.5) is 13.2 Å². The Kier molecular flexibility index (Phi) is 7.75. The van der Waals surface area contributed by atoms with Crippen molar-refractivity contribution in [2.75, 3.05) is 26.2 Å². The molecule has 5 rings (SSSR count). The van der Waals surface area contributed by atoms with Gasteiger partial charge >= 0.3 is 6.18 Å². The number of unbranched alkanes of at least 4 members (excludes halogenated alkanes) is 2. The van der Waals surface area contributed by atoms with Gasteiger partial charge in [-0.1, -0.05) is 79.6 Å². The fourth-order valence-electron chi connectivity index (χ4n) is 5.89. The van der Waals surface area contributed by atoms with Crippen molar-refractivity contribution >= 4 is 11.8 Å². The molecule has 2 amide bonds. The van der Waals surface area contributed by atoms with Crippen LogP contribution >= 0.6 is 0 Å². The van der Waals surface area contributed by atoms with E-state index in [1.54, 1.807) is 12.1 Å².